The van der Waals surface area contributed by atoms with E-state index in [4.69, 9.17) is 4.74 Å². The molecular formula is C25H32N2O2S. The van der Waals surface area contributed by atoms with Crippen LogP contribution < -0.4 is 4.74 Å². The van der Waals surface area contributed by atoms with Gasteiger partial charge in [0.2, 0.25) is 5.91 Å². The monoisotopic (exact) mass is 424 g/mol. The van der Waals surface area contributed by atoms with Gasteiger partial charge in [-0.1, -0.05) is 18.2 Å². The summed E-state index contributed by atoms with van der Waals surface area (Å²) in [4.78, 5) is 20.4. The summed E-state index contributed by atoms with van der Waals surface area (Å²) in [6.45, 7) is 7.22. The van der Waals surface area contributed by atoms with E-state index in [2.05, 4.69) is 53.1 Å². The molecule has 1 aromatic heterocycles. The number of rotatable bonds is 4. The zero-order valence-electron chi connectivity index (χ0n) is 17.9. The number of piperidine rings is 1. The zero-order valence-corrected chi connectivity index (χ0v) is 18.8. The normalized spacial score (nSPS) is 23.4. The van der Waals surface area contributed by atoms with Gasteiger partial charge in [-0.15, -0.1) is 11.3 Å². The Morgan fingerprint density at radius 3 is 2.60 bits per heavy atom. The van der Waals surface area contributed by atoms with Gasteiger partial charge in [-0.3, -0.25) is 9.69 Å². The van der Waals surface area contributed by atoms with Crippen molar-refractivity contribution in [2.75, 3.05) is 26.2 Å². The van der Waals surface area contributed by atoms with Crippen LogP contribution in [0.3, 0.4) is 0 Å². The molecule has 2 fully saturated rings. The maximum atomic E-state index is 12.9. The molecule has 0 bridgehead atoms. The number of aryl methyl sites for hydroxylation is 1. The van der Waals surface area contributed by atoms with Crippen LogP contribution in [0.15, 0.2) is 36.4 Å². The maximum Gasteiger partial charge on any atom is 0.223 e. The van der Waals surface area contributed by atoms with E-state index in [0.717, 1.165) is 70.6 Å². The molecule has 3 aliphatic rings. The number of ether oxygens (including phenoxy) is 1. The summed E-state index contributed by atoms with van der Waals surface area (Å²) in [7, 11) is 0. The van der Waals surface area contributed by atoms with Crippen molar-refractivity contribution in [1.82, 2.24) is 9.80 Å². The van der Waals surface area contributed by atoms with Gasteiger partial charge in [0, 0.05) is 54.8 Å². The molecule has 0 N–H and O–H groups in total. The van der Waals surface area contributed by atoms with Gasteiger partial charge in [0.25, 0.3) is 0 Å². The second kappa shape index (κ2) is 8.35. The summed E-state index contributed by atoms with van der Waals surface area (Å²) in [5.41, 5.74) is 1.11. The molecular weight excluding hydrogens is 392 g/mol. The zero-order chi connectivity index (χ0) is 20.6. The molecule has 0 aliphatic carbocycles. The SMILES string of the molecule is Cc1ccc(CN2CCC3(CC2)C[C@@H](CC(=O)N2CCCC2)c2ccccc2O3)s1. The summed E-state index contributed by atoms with van der Waals surface area (Å²) in [5.74, 6) is 1.61. The second-order valence-corrected chi connectivity index (χ2v) is 10.7. The van der Waals surface area contributed by atoms with Gasteiger partial charge < -0.3 is 9.64 Å². The van der Waals surface area contributed by atoms with Crippen LogP contribution in [-0.4, -0.2) is 47.5 Å². The molecule has 1 spiro atoms. The van der Waals surface area contributed by atoms with Crippen molar-refractivity contribution in [3.05, 3.63) is 51.7 Å². The number of carbonyl (C=O) groups excluding carboxylic acids is 1. The molecule has 2 aromatic rings. The Kier molecular flexibility index (Phi) is 5.59. The molecule has 1 amide bonds. The van der Waals surface area contributed by atoms with Crippen LogP contribution in [0, 0.1) is 6.92 Å². The highest BCUT2D eigenvalue weighted by Gasteiger charge is 2.44. The number of hydrogen-bond acceptors (Lipinski definition) is 4. The van der Waals surface area contributed by atoms with Crippen LogP contribution >= 0.6 is 11.3 Å². The molecule has 160 valence electrons. The molecule has 4 heterocycles. The molecule has 2 saturated heterocycles. The average molecular weight is 425 g/mol. The third-order valence-electron chi connectivity index (χ3n) is 7.13. The van der Waals surface area contributed by atoms with Gasteiger partial charge in [0.15, 0.2) is 0 Å². The van der Waals surface area contributed by atoms with Gasteiger partial charge in [-0.05, 0) is 62.8 Å². The molecule has 1 atom stereocenters. The van der Waals surface area contributed by atoms with Crippen molar-refractivity contribution in [1.29, 1.82) is 0 Å². The second-order valence-electron chi connectivity index (χ2n) is 9.30. The van der Waals surface area contributed by atoms with Crippen molar-refractivity contribution in [2.45, 2.75) is 63.5 Å². The van der Waals surface area contributed by atoms with E-state index >= 15 is 0 Å². The summed E-state index contributed by atoms with van der Waals surface area (Å²) in [5, 5.41) is 0. The summed E-state index contributed by atoms with van der Waals surface area (Å²) >= 11 is 1.90. The Morgan fingerprint density at radius 2 is 1.87 bits per heavy atom. The van der Waals surface area contributed by atoms with Gasteiger partial charge >= 0.3 is 0 Å². The van der Waals surface area contributed by atoms with Crippen LogP contribution in [0.5, 0.6) is 5.75 Å². The van der Waals surface area contributed by atoms with Gasteiger partial charge in [-0.25, -0.2) is 0 Å². The number of amides is 1. The Labute approximate surface area is 183 Å². The van der Waals surface area contributed by atoms with Gasteiger partial charge in [0.05, 0.1) is 0 Å². The summed E-state index contributed by atoms with van der Waals surface area (Å²) < 4.78 is 6.65. The maximum absolute atomic E-state index is 12.9. The Morgan fingerprint density at radius 1 is 1.10 bits per heavy atom. The van der Waals surface area contributed by atoms with Crippen molar-refractivity contribution in [3.63, 3.8) is 0 Å². The predicted octanol–water partition coefficient (Wildman–Crippen LogP) is 4.97. The third kappa shape index (κ3) is 4.15. The molecule has 5 heteroatoms. The number of hydrogen-bond donors (Lipinski definition) is 0. The number of benzene rings is 1. The standard InChI is InChI=1S/C25H32N2O2S/c1-19-8-9-21(30-19)18-26-14-10-25(11-15-26)17-20(16-24(28)27-12-4-5-13-27)22-6-2-3-7-23(22)29-25/h2-3,6-9,20H,4-5,10-18H2,1H3/t20-/m1/s1. The van der Waals surface area contributed by atoms with Gasteiger partial charge in [-0.2, -0.15) is 0 Å². The topological polar surface area (TPSA) is 32.8 Å². The molecule has 0 radical (unpaired) electrons. The number of fused-ring (bicyclic) bond motifs is 1. The smallest absolute Gasteiger partial charge is 0.223 e. The van der Waals surface area contributed by atoms with E-state index in [9.17, 15) is 4.79 Å². The van der Waals surface area contributed by atoms with Crippen LogP contribution in [0.25, 0.3) is 0 Å². The molecule has 0 saturated carbocycles. The van der Waals surface area contributed by atoms with Crippen molar-refractivity contribution >= 4 is 17.2 Å². The predicted molar refractivity (Wildman–Crippen MR) is 121 cm³/mol. The molecule has 4 nitrogen and oxygen atoms in total. The van der Waals surface area contributed by atoms with Crippen LogP contribution in [0.4, 0.5) is 0 Å². The first-order valence-electron chi connectivity index (χ1n) is 11.4. The highest BCUT2D eigenvalue weighted by atomic mass is 32.1. The summed E-state index contributed by atoms with van der Waals surface area (Å²) in [6.07, 6.45) is 5.98. The number of thiophene rings is 1. The van der Waals surface area contributed by atoms with Crippen molar-refractivity contribution < 1.29 is 9.53 Å². The molecule has 1 aromatic carbocycles. The number of nitrogens with zero attached hydrogens (tertiary/aromatic N) is 2. The molecule has 0 unspecified atom stereocenters. The minimum atomic E-state index is -0.119. The lowest BCUT2D eigenvalue weighted by atomic mass is 9.76. The molecule has 3 aliphatic heterocycles. The van der Waals surface area contributed by atoms with E-state index in [-0.39, 0.29) is 11.5 Å². The number of carbonyl (C=O) groups is 1. The molecule has 30 heavy (non-hydrogen) atoms. The Bertz CT molecular complexity index is 894. The highest BCUT2D eigenvalue weighted by molar-refractivity contribution is 7.11. The minimum absolute atomic E-state index is 0.119. The van der Waals surface area contributed by atoms with E-state index < -0.39 is 0 Å². The van der Waals surface area contributed by atoms with E-state index in [1.165, 1.54) is 15.3 Å². The quantitative estimate of drug-likeness (QED) is 0.695. The Balaban J connectivity index is 1.28. The fourth-order valence-corrected chi connectivity index (χ4v) is 6.38. The Hall–Kier alpha value is -1.85. The third-order valence-corrected chi connectivity index (χ3v) is 8.11. The lowest BCUT2D eigenvalue weighted by Gasteiger charge is -2.47. The van der Waals surface area contributed by atoms with Crippen LogP contribution in [0.2, 0.25) is 0 Å². The lowest BCUT2D eigenvalue weighted by Crippen LogP contribution is -2.50. The number of likely N-dealkylation sites (tertiary alicyclic amines) is 2. The highest BCUT2D eigenvalue weighted by Crippen LogP contribution is 2.47. The lowest BCUT2D eigenvalue weighted by molar-refractivity contribution is -0.131. The van der Waals surface area contributed by atoms with Crippen molar-refractivity contribution in [2.24, 2.45) is 0 Å². The van der Waals surface area contributed by atoms with Gasteiger partial charge in [0.1, 0.15) is 11.4 Å². The molecule has 5 rings (SSSR count). The van der Waals surface area contributed by atoms with E-state index in [0.29, 0.717) is 12.3 Å². The minimum Gasteiger partial charge on any atom is -0.487 e. The fraction of sp³-hybridized carbons (Fsp3) is 0.560. The van der Waals surface area contributed by atoms with E-state index in [1.807, 2.05) is 11.3 Å². The van der Waals surface area contributed by atoms with Crippen LogP contribution in [-0.2, 0) is 11.3 Å². The number of para-hydroxylation sites is 1. The first-order valence-corrected chi connectivity index (χ1v) is 12.3. The average Bonchev–Trinajstić information content (AvgIpc) is 3.42. The first kappa shape index (κ1) is 20.1. The van der Waals surface area contributed by atoms with Crippen molar-refractivity contribution in [3.8, 4) is 5.75 Å². The van der Waals surface area contributed by atoms with Crippen LogP contribution in [0.1, 0.15) is 59.8 Å². The summed E-state index contributed by atoms with van der Waals surface area (Å²) in [6, 6.07) is 12.9. The fourth-order valence-electron chi connectivity index (χ4n) is 5.45. The first-order chi connectivity index (χ1) is 14.6. The largest absolute Gasteiger partial charge is 0.487 e. The van der Waals surface area contributed by atoms with E-state index in [1.54, 1.807) is 0 Å².